The average molecular weight is 410 g/mol. The highest BCUT2D eigenvalue weighted by Crippen LogP contribution is 2.24. The van der Waals surface area contributed by atoms with E-state index in [1.54, 1.807) is 37.3 Å². The van der Waals surface area contributed by atoms with Crippen LogP contribution in [0.3, 0.4) is 0 Å². The maximum Gasteiger partial charge on any atom is 0.329 e. The van der Waals surface area contributed by atoms with Gasteiger partial charge in [0.2, 0.25) is 5.89 Å². The maximum atomic E-state index is 12.3. The highest BCUT2D eigenvalue weighted by atomic mass is 16.6. The van der Waals surface area contributed by atoms with Crippen LogP contribution in [0.1, 0.15) is 36.2 Å². The van der Waals surface area contributed by atoms with Crippen molar-refractivity contribution in [3.05, 3.63) is 76.2 Å². The quantitative estimate of drug-likeness (QED) is 0.356. The van der Waals surface area contributed by atoms with Crippen molar-refractivity contribution < 1.29 is 23.7 Å². The molecule has 0 saturated carbocycles. The Balaban J connectivity index is 1.60. The van der Waals surface area contributed by atoms with Crippen molar-refractivity contribution in [2.24, 2.45) is 0 Å². The summed E-state index contributed by atoms with van der Waals surface area (Å²) in [6, 6.07) is 13.2. The number of nitrogens with zero attached hydrogens (tertiary/aromatic N) is 3. The Labute approximate surface area is 171 Å². The van der Waals surface area contributed by atoms with Crippen molar-refractivity contribution in [3.8, 4) is 11.5 Å². The number of nitro benzene ring substituents is 1. The number of ether oxygens (including phenoxy) is 1. The summed E-state index contributed by atoms with van der Waals surface area (Å²) in [4.78, 5) is 34.6. The molecule has 0 fully saturated rings. The molecule has 0 unspecified atom stereocenters. The van der Waals surface area contributed by atoms with Gasteiger partial charge in [-0.05, 0) is 38.1 Å². The lowest BCUT2D eigenvalue weighted by atomic mass is 10.2. The minimum Gasteiger partial charge on any atom is -0.451 e. The van der Waals surface area contributed by atoms with Crippen LogP contribution in [0.5, 0.6) is 0 Å². The van der Waals surface area contributed by atoms with E-state index < -0.39 is 28.9 Å². The molecule has 0 aliphatic heterocycles. The lowest BCUT2D eigenvalue weighted by Gasteiger charge is -2.15. The second-order valence-electron chi connectivity index (χ2n) is 6.39. The molecule has 1 heterocycles. The Morgan fingerprint density at radius 2 is 1.73 bits per heavy atom. The van der Waals surface area contributed by atoms with E-state index in [0.29, 0.717) is 11.1 Å². The molecule has 0 radical (unpaired) electrons. The number of amides is 1. The first kappa shape index (κ1) is 20.6. The normalized spacial score (nSPS) is 12.6. The van der Waals surface area contributed by atoms with Gasteiger partial charge in [-0.2, -0.15) is 0 Å². The highest BCUT2D eigenvalue weighted by molar-refractivity contribution is 5.96. The van der Waals surface area contributed by atoms with Crippen LogP contribution in [0.25, 0.3) is 11.5 Å². The van der Waals surface area contributed by atoms with Crippen molar-refractivity contribution in [1.82, 2.24) is 15.5 Å². The molecular formula is C20H18N4O6. The monoisotopic (exact) mass is 410 g/mol. The van der Waals surface area contributed by atoms with Gasteiger partial charge in [0.1, 0.15) is 6.04 Å². The summed E-state index contributed by atoms with van der Waals surface area (Å²) in [5.74, 6) is -0.876. The Hall–Kier alpha value is -4.08. The maximum absolute atomic E-state index is 12.3. The molecule has 0 aliphatic rings. The molecule has 1 amide bonds. The van der Waals surface area contributed by atoms with Crippen LogP contribution in [-0.4, -0.2) is 33.0 Å². The van der Waals surface area contributed by atoms with E-state index in [4.69, 9.17) is 9.15 Å². The molecule has 1 N–H and O–H groups in total. The van der Waals surface area contributed by atoms with Gasteiger partial charge in [-0.3, -0.25) is 14.9 Å². The zero-order valence-corrected chi connectivity index (χ0v) is 16.1. The van der Waals surface area contributed by atoms with Crippen LogP contribution < -0.4 is 5.32 Å². The van der Waals surface area contributed by atoms with Crippen LogP contribution in [0.4, 0.5) is 5.69 Å². The SMILES string of the molecule is C[C@H](NC(=O)c1ccccc1)C(=O)O[C@@H](C)c1nnc(-c2ccc([N+](=O)[O-])cc2)o1. The zero-order chi connectivity index (χ0) is 21.7. The number of nitro groups is 1. The molecule has 1 aromatic heterocycles. The van der Waals surface area contributed by atoms with Crippen molar-refractivity contribution in [1.29, 1.82) is 0 Å². The number of hydrogen-bond acceptors (Lipinski definition) is 8. The molecule has 10 heteroatoms. The smallest absolute Gasteiger partial charge is 0.329 e. The Bertz CT molecular complexity index is 1050. The molecular weight excluding hydrogens is 392 g/mol. The third-order valence-corrected chi connectivity index (χ3v) is 4.14. The summed E-state index contributed by atoms with van der Waals surface area (Å²) >= 11 is 0. The third-order valence-electron chi connectivity index (χ3n) is 4.14. The first-order chi connectivity index (χ1) is 14.3. The number of benzene rings is 2. The van der Waals surface area contributed by atoms with Crippen molar-refractivity contribution in [3.63, 3.8) is 0 Å². The fourth-order valence-electron chi connectivity index (χ4n) is 2.50. The summed E-state index contributed by atoms with van der Waals surface area (Å²) in [7, 11) is 0. The van der Waals surface area contributed by atoms with E-state index in [-0.39, 0.29) is 17.5 Å². The number of hydrogen-bond donors (Lipinski definition) is 1. The van der Waals surface area contributed by atoms with Gasteiger partial charge in [-0.15, -0.1) is 10.2 Å². The molecule has 3 aromatic rings. The summed E-state index contributed by atoms with van der Waals surface area (Å²) in [6.45, 7) is 3.06. The average Bonchev–Trinajstić information content (AvgIpc) is 3.24. The summed E-state index contributed by atoms with van der Waals surface area (Å²) in [5, 5.41) is 21.0. The Kier molecular flexibility index (Phi) is 6.16. The van der Waals surface area contributed by atoms with Crippen LogP contribution in [0.2, 0.25) is 0 Å². The molecule has 10 nitrogen and oxygen atoms in total. The fourth-order valence-corrected chi connectivity index (χ4v) is 2.50. The fraction of sp³-hybridized carbons (Fsp3) is 0.200. The van der Waals surface area contributed by atoms with E-state index >= 15 is 0 Å². The lowest BCUT2D eigenvalue weighted by molar-refractivity contribution is -0.384. The zero-order valence-electron chi connectivity index (χ0n) is 16.1. The molecule has 154 valence electrons. The number of carbonyl (C=O) groups is 2. The van der Waals surface area contributed by atoms with Gasteiger partial charge >= 0.3 is 5.97 Å². The predicted octanol–water partition coefficient (Wildman–Crippen LogP) is 3.07. The number of non-ortho nitro benzene ring substituents is 1. The third kappa shape index (κ3) is 4.85. The van der Waals surface area contributed by atoms with Crippen LogP contribution >= 0.6 is 0 Å². The Morgan fingerprint density at radius 3 is 2.37 bits per heavy atom. The minimum atomic E-state index is -0.891. The van der Waals surface area contributed by atoms with E-state index in [1.807, 2.05) is 0 Å². The predicted molar refractivity (Wildman–Crippen MR) is 104 cm³/mol. The molecule has 0 aliphatic carbocycles. The number of carbonyl (C=O) groups excluding carboxylic acids is 2. The van der Waals surface area contributed by atoms with Crippen LogP contribution in [0.15, 0.2) is 59.0 Å². The first-order valence-corrected chi connectivity index (χ1v) is 9.00. The molecule has 30 heavy (non-hydrogen) atoms. The number of esters is 1. The van der Waals surface area contributed by atoms with Gasteiger partial charge in [-0.25, -0.2) is 4.79 Å². The molecule has 0 spiro atoms. The van der Waals surface area contributed by atoms with Crippen LogP contribution in [-0.2, 0) is 9.53 Å². The van der Waals surface area contributed by atoms with Crippen molar-refractivity contribution >= 4 is 17.6 Å². The summed E-state index contributed by atoms with van der Waals surface area (Å²) in [6.07, 6.45) is -0.854. The number of rotatable bonds is 7. The number of aromatic nitrogens is 2. The number of nitrogens with one attached hydrogen (secondary N) is 1. The highest BCUT2D eigenvalue weighted by Gasteiger charge is 2.24. The van der Waals surface area contributed by atoms with Gasteiger partial charge < -0.3 is 14.5 Å². The molecule has 2 atom stereocenters. The van der Waals surface area contributed by atoms with Crippen molar-refractivity contribution in [2.75, 3.05) is 0 Å². The summed E-state index contributed by atoms with van der Waals surface area (Å²) in [5.41, 5.74) is 0.850. The van der Waals surface area contributed by atoms with Crippen molar-refractivity contribution in [2.45, 2.75) is 26.0 Å². The van der Waals surface area contributed by atoms with Gasteiger partial charge in [-0.1, -0.05) is 18.2 Å². The van der Waals surface area contributed by atoms with E-state index in [0.717, 1.165) is 0 Å². The largest absolute Gasteiger partial charge is 0.451 e. The second kappa shape index (κ2) is 8.95. The molecule has 3 rings (SSSR count). The lowest BCUT2D eigenvalue weighted by Crippen LogP contribution is -2.39. The standard InChI is InChI=1S/C20H18N4O6/c1-12(21-17(25)14-6-4-3-5-7-14)20(26)29-13(2)18-22-23-19(30-18)15-8-10-16(11-9-15)24(27)28/h3-13H,1-2H3,(H,21,25)/t12-,13-/m0/s1. The van der Waals surface area contributed by atoms with E-state index in [1.165, 1.54) is 31.2 Å². The van der Waals surface area contributed by atoms with Gasteiger partial charge in [0.15, 0.2) is 6.10 Å². The van der Waals surface area contributed by atoms with E-state index in [9.17, 15) is 19.7 Å². The Morgan fingerprint density at radius 1 is 1.07 bits per heavy atom. The second-order valence-corrected chi connectivity index (χ2v) is 6.39. The van der Waals surface area contributed by atoms with E-state index in [2.05, 4.69) is 15.5 Å². The first-order valence-electron chi connectivity index (χ1n) is 9.00. The van der Waals surface area contributed by atoms with Gasteiger partial charge in [0.05, 0.1) is 4.92 Å². The topological polar surface area (TPSA) is 137 Å². The van der Waals surface area contributed by atoms with Gasteiger partial charge in [0, 0.05) is 23.3 Å². The minimum absolute atomic E-state index is 0.0540. The van der Waals surface area contributed by atoms with Gasteiger partial charge in [0.25, 0.3) is 17.5 Å². The molecule has 0 bridgehead atoms. The van der Waals surface area contributed by atoms with Crippen LogP contribution in [0, 0.1) is 10.1 Å². The molecule has 0 saturated heterocycles. The summed E-state index contributed by atoms with van der Waals surface area (Å²) < 4.78 is 10.8. The molecule has 2 aromatic carbocycles.